The number of hydrogen-bond acceptors (Lipinski definition) is 2. The zero-order valence-corrected chi connectivity index (χ0v) is 8.99. The monoisotopic (exact) mass is 202 g/mol. The Morgan fingerprint density at radius 2 is 1.09 bits per heavy atom. The van der Waals surface area contributed by atoms with Gasteiger partial charge in [0.25, 0.3) is 0 Å². The maximum absolute atomic E-state index is 3.12. The van der Waals surface area contributed by atoms with E-state index in [1.165, 1.54) is 19.3 Å². The molecule has 11 heavy (non-hydrogen) atoms. The Kier molecular flexibility index (Phi) is 26.9. The van der Waals surface area contributed by atoms with Crippen molar-refractivity contribution in [2.24, 2.45) is 0 Å². The van der Waals surface area contributed by atoms with Crippen molar-refractivity contribution in [3.8, 4) is 0 Å². The fraction of sp³-hybridized carbons (Fsp3) is 1.00. The number of hydrogen-bond donors (Lipinski definition) is 2. The van der Waals surface area contributed by atoms with E-state index in [1.807, 2.05) is 14.1 Å². The SMILES string of the molecule is CNCCCCCNC.Cl.Cl. The number of nitrogens with one attached hydrogen (secondary N) is 2. The highest BCUT2D eigenvalue weighted by atomic mass is 35.5. The number of unbranched alkanes of at least 4 members (excludes halogenated alkanes) is 2. The van der Waals surface area contributed by atoms with Crippen LogP contribution in [0.25, 0.3) is 0 Å². The average molecular weight is 203 g/mol. The Bertz CT molecular complexity index is 47.7. The van der Waals surface area contributed by atoms with Crippen LogP contribution in [0.3, 0.4) is 0 Å². The highest BCUT2D eigenvalue weighted by molar-refractivity contribution is 5.85. The van der Waals surface area contributed by atoms with E-state index in [-0.39, 0.29) is 24.8 Å². The summed E-state index contributed by atoms with van der Waals surface area (Å²) in [4.78, 5) is 0. The lowest BCUT2D eigenvalue weighted by molar-refractivity contribution is 0.619. The molecule has 2 N–H and O–H groups in total. The van der Waals surface area contributed by atoms with Gasteiger partial charge in [0.2, 0.25) is 0 Å². The zero-order chi connectivity index (χ0) is 6.95. The number of halogens is 2. The van der Waals surface area contributed by atoms with Gasteiger partial charge in [-0.25, -0.2) is 0 Å². The second kappa shape index (κ2) is 16.8. The molecule has 0 aliphatic carbocycles. The summed E-state index contributed by atoms with van der Waals surface area (Å²) in [5.41, 5.74) is 0. The Labute approximate surface area is 82.3 Å². The summed E-state index contributed by atoms with van der Waals surface area (Å²) in [6.07, 6.45) is 3.94. The van der Waals surface area contributed by atoms with Gasteiger partial charge in [0, 0.05) is 0 Å². The molecule has 0 amide bonds. The molecular formula is C7H20Cl2N2. The fourth-order valence-corrected chi connectivity index (χ4v) is 0.780. The molecule has 0 unspecified atom stereocenters. The molecule has 0 bridgehead atoms. The minimum absolute atomic E-state index is 0. The van der Waals surface area contributed by atoms with Crippen molar-refractivity contribution in [3.63, 3.8) is 0 Å². The van der Waals surface area contributed by atoms with Gasteiger partial charge in [0.05, 0.1) is 0 Å². The Morgan fingerprint density at radius 3 is 1.36 bits per heavy atom. The van der Waals surface area contributed by atoms with Crippen LogP contribution in [0.1, 0.15) is 19.3 Å². The second-order valence-corrected chi connectivity index (χ2v) is 2.27. The van der Waals surface area contributed by atoms with Gasteiger partial charge < -0.3 is 10.6 Å². The third-order valence-corrected chi connectivity index (χ3v) is 1.35. The molecule has 0 atom stereocenters. The quantitative estimate of drug-likeness (QED) is 0.638. The van der Waals surface area contributed by atoms with Gasteiger partial charge in [-0.05, 0) is 40.0 Å². The summed E-state index contributed by atoms with van der Waals surface area (Å²) >= 11 is 0. The Morgan fingerprint density at radius 1 is 0.727 bits per heavy atom. The molecule has 0 heterocycles. The van der Waals surface area contributed by atoms with Gasteiger partial charge in [-0.2, -0.15) is 0 Å². The van der Waals surface area contributed by atoms with E-state index in [1.54, 1.807) is 0 Å². The largest absolute Gasteiger partial charge is 0.320 e. The molecule has 0 rings (SSSR count). The topological polar surface area (TPSA) is 24.1 Å². The lowest BCUT2D eigenvalue weighted by Gasteiger charge is -1.98. The first-order chi connectivity index (χ1) is 4.41. The molecule has 0 saturated carbocycles. The van der Waals surface area contributed by atoms with Crippen LogP contribution in [0.4, 0.5) is 0 Å². The summed E-state index contributed by atoms with van der Waals surface area (Å²) in [5, 5.41) is 6.25. The highest BCUT2D eigenvalue weighted by Crippen LogP contribution is 1.90. The molecule has 0 aromatic rings. The molecular weight excluding hydrogens is 183 g/mol. The molecule has 0 saturated heterocycles. The van der Waals surface area contributed by atoms with Crippen molar-refractivity contribution < 1.29 is 0 Å². The molecule has 0 spiro atoms. The zero-order valence-electron chi connectivity index (χ0n) is 7.35. The predicted molar refractivity (Wildman–Crippen MR) is 56.2 cm³/mol. The second-order valence-electron chi connectivity index (χ2n) is 2.27. The molecule has 0 radical (unpaired) electrons. The van der Waals surface area contributed by atoms with E-state index in [2.05, 4.69) is 10.6 Å². The minimum Gasteiger partial charge on any atom is -0.320 e. The Balaban J connectivity index is -0.000000320. The third kappa shape index (κ3) is 18.0. The van der Waals surface area contributed by atoms with E-state index in [0.717, 1.165) is 13.1 Å². The summed E-state index contributed by atoms with van der Waals surface area (Å²) in [6.45, 7) is 2.31. The van der Waals surface area contributed by atoms with Crippen LogP contribution in [-0.2, 0) is 0 Å². The molecule has 0 aromatic carbocycles. The lowest BCUT2D eigenvalue weighted by atomic mass is 10.2. The summed E-state index contributed by atoms with van der Waals surface area (Å²) in [6, 6.07) is 0. The lowest BCUT2D eigenvalue weighted by Crippen LogP contribution is -2.10. The van der Waals surface area contributed by atoms with Gasteiger partial charge in [-0.1, -0.05) is 6.42 Å². The van der Waals surface area contributed by atoms with Crippen molar-refractivity contribution in [2.75, 3.05) is 27.2 Å². The van der Waals surface area contributed by atoms with Crippen LogP contribution in [0, 0.1) is 0 Å². The van der Waals surface area contributed by atoms with Crippen molar-refractivity contribution in [1.82, 2.24) is 10.6 Å². The van der Waals surface area contributed by atoms with Gasteiger partial charge in [0.1, 0.15) is 0 Å². The predicted octanol–water partition coefficient (Wildman–Crippen LogP) is 1.44. The van der Waals surface area contributed by atoms with Gasteiger partial charge in [-0.15, -0.1) is 24.8 Å². The van der Waals surface area contributed by atoms with E-state index >= 15 is 0 Å². The van der Waals surface area contributed by atoms with E-state index in [0.29, 0.717) is 0 Å². The van der Waals surface area contributed by atoms with Gasteiger partial charge in [-0.3, -0.25) is 0 Å². The molecule has 0 fully saturated rings. The highest BCUT2D eigenvalue weighted by Gasteiger charge is 1.84. The van der Waals surface area contributed by atoms with Gasteiger partial charge in [0.15, 0.2) is 0 Å². The number of rotatable bonds is 6. The van der Waals surface area contributed by atoms with Crippen LogP contribution in [0.2, 0.25) is 0 Å². The first-order valence-corrected chi connectivity index (χ1v) is 3.71. The maximum atomic E-state index is 3.12. The third-order valence-electron chi connectivity index (χ3n) is 1.35. The average Bonchev–Trinajstić information content (AvgIpc) is 1.89. The first-order valence-electron chi connectivity index (χ1n) is 3.71. The van der Waals surface area contributed by atoms with Crippen molar-refractivity contribution in [3.05, 3.63) is 0 Å². The van der Waals surface area contributed by atoms with Crippen LogP contribution in [0.15, 0.2) is 0 Å². The molecule has 0 aromatic heterocycles. The van der Waals surface area contributed by atoms with Crippen LogP contribution < -0.4 is 10.6 Å². The molecule has 72 valence electrons. The molecule has 0 aliphatic rings. The summed E-state index contributed by atoms with van der Waals surface area (Å²) < 4.78 is 0. The van der Waals surface area contributed by atoms with E-state index in [4.69, 9.17) is 0 Å². The van der Waals surface area contributed by atoms with Crippen molar-refractivity contribution >= 4 is 24.8 Å². The van der Waals surface area contributed by atoms with Crippen LogP contribution in [-0.4, -0.2) is 27.2 Å². The van der Waals surface area contributed by atoms with Crippen LogP contribution in [0.5, 0.6) is 0 Å². The van der Waals surface area contributed by atoms with E-state index < -0.39 is 0 Å². The molecule has 0 aliphatic heterocycles. The summed E-state index contributed by atoms with van der Waals surface area (Å²) in [7, 11) is 4.00. The van der Waals surface area contributed by atoms with Crippen molar-refractivity contribution in [2.45, 2.75) is 19.3 Å². The smallest absolute Gasteiger partial charge is 0.00519 e. The standard InChI is InChI=1S/C7H18N2.2ClH/c1-8-6-4-3-5-7-9-2;;/h8-9H,3-7H2,1-2H3;2*1H. The summed E-state index contributed by atoms with van der Waals surface area (Å²) in [5.74, 6) is 0. The Hall–Kier alpha value is 0.500. The molecule has 2 nitrogen and oxygen atoms in total. The van der Waals surface area contributed by atoms with Crippen LogP contribution >= 0.6 is 24.8 Å². The minimum atomic E-state index is 0. The van der Waals surface area contributed by atoms with E-state index in [9.17, 15) is 0 Å². The maximum Gasteiger partial charge on any atom is -0.00519 e. The molecule has 4 heteroatoms. The van der Waals surface area contributed by atoms with Crippen molar-refractivity contribution in [1.29, 1.82) is 0 Å². The fourth-order valence-electron chi connectivity index (χ4n) is 0.780. The normalized spacial score (nSPS) is 8.18. The van der Waals surface area contributed by atoms with Gasteiger partial charge >= 0.3 is 0 Å². The first kappa shape index (κ1) is 17.5.